The SMILES string of the molecule is CCCCCCCCCCOC(=O)CC(C)(C)CC(C)C(=O)OCCCCCCCC. The Morgan fingerprint density at radius 3 is 1.58 bits per heavy atom. The van der Waals surface area contributed by atoms with Crippen molar-refractivity contribution in [3.8, 4) is 0 Å². The Hall–Kier alpha value is -1.06. The Morgan fingerprint density at radius 1 is 0.677 bits per heavy atom. The molecule has 184 valence electrons. The molecule has 4 nitrogen and oxygen atoms in total. The van der Waals surface area contributed by atoms with Crippen LogP contribution < -0.4 is 0 Å². The Labute approximate surface area is 193 Å². The van der Waals surface area contributed by atoms with E-state index in [2.05, 4.69) is 13.8 Å². The minimum atomic E-state index is -0.269. The molecular formula is C27H52O4. The Balaban J connectivity index is 3.85. The molecular weight excluding hydrogens is 388 g/mol. The highest BCUT2D eigenvalue weighted by Crippen LogP contribution is 2.30. The molecule has 0 amide bonds. The van der Waals surface area contributed by atoms with E-state index in [0.29, 0.717) is 26.1 Å². The zero-order valence-electron chi connectivity index (χ0n) is 21.4. The van der Waals surface area contributed by atoms with Gasteiger partial charge in [-0.1, -0.05) is 112 Å². The van der Waals surface area contributed by atoms with Gasteiger partial charge in [0.15, 0.2) is 0 Å². The topological polar surface area (TPSA) is 52.6 Å². The van der Waals surface area contributed by atoms with Crippen LogP contribution in [-0.2, 0) is 19.1 Å². The smallest absolute Gasteiger partial charge is 0.308 e. The quantitative estimate of drug-likeness (QED) is 0.134. The van der Waals surface area contributed by atoms with E-state index >= 15 is 0 Å². The first-order valence-corrected chi connectivity index (χ1v) is 13.1. The second-order valence-electron chi connectivity index (χ2n) is 10.1. The highest BCUT2D eigenvalue weighted by Gasteiger charge is 2.28. The number of hydrogen-bond donors (Lipinski definition) is 0. The number of unbranched alkanes of at least 4 members (excludes halogenated alkanes) is 12. The molecule has 1 unspecified atom stereocenters. The molecule has 0 aromatic rings. The average molecular weight is 441 g/mol. The first kappa shape index (κ1) is 29.9. The van der Waals surface area contributed by atoms with Gasteiger partial charge in [0.2, 0.25) is 0 Å². The fourth-order valence-electron chi connectivity index (χ4n) is 4.05. The van der Waals surface area contributed by atoms with Crippen LogP contribution in [0.25, 0.3) is 0 Å². The van der Waals surface area contributed by atoms with E-state index in [4.69, 9.17) is 9.47 Å². The minimum absolute atomic E-state index is 0.145. The number of carbonyl (C=O) groups excluding carboxylic acids is 2. The molecule has 0 heterocycles. The van der Waals surface area contributed by atoms with Gasteiger partial charge in [0.1, 0.15) is 0 Å². The largest absolute Gasteiger partial charge is 0.466 e. The molecule has 0 bridgehead atoms. The van der Waals surface area contributed by atoms with Gasteiger partial charge >= 0.3 is 11.9 Å². The molecule has 0 aliphatic carbocycles. The normalized spacial score (nSPS) is 12.5. The summed E-state index contributed by atoms with van der Waals surface area (Å²) in [6.07, 6.45) is 17.9. The van der Waals surface area contributed by atoms with Crippen molar-refractivity contribution in [3.63, 3.8) is 0 Å². The standard InChI is InChI=1S/C27H52O4/c1-6-8-10-12-14-15-17-18-20-30-25(28)23-27(4,5)22-24(3)26(29)31-21-19-16-13-11-9-7-2/h24H,6-23H2,1-5H3. The maximum Gasteiger partial charge on any atom is 0.308 e. The summed E-state index contributed by atoms with van der Waals surface area (Å²) in [4.78, 5) is 24.5. The molecule has 1 atom stereocenters. The molecule has 0 radical (unpaired) electrons. The first-order valence-electron chi connectivity index (χ1n) is 13.1. The zero-order valence-corrected chi connectivity index (χ0v) is 21.4. The molecule has 0 aromatic heterocycles. The predicted octanol–water partition coefficient (Wildman–Crippen LogP) is 8.02. The van der Waals surface area contributed by atoms with Crippen LogP contribution in [0.5, 0.6) is 0 Å². The molecule has 0 saturated carbocycles. The van der Waals surface area contributed by atoms with Crippen LogP contribution in [0.15, 0.2) is 0 Å². The molecule has 0 rings (SSSR count). The van der Waals surface area contributed by atoms with Gasteiger partial charge in [0, 0.05) is 0 Å². The van der Waals surface area contributed by atoms with Crippen LogP contribution in [0.4, 0.5) is 0 Å². The Morgan fingerprint density at radius 2 is 1.10 bits per heavy atom. The lowest BCUT2D eigenvalue weighted by atomic mass is 9.80. The molecule has 0 fully saturated rings. The predicted molar refractivity (Wildman–Crippen MR) is 130 cm³/mol. The summed E-state index contributed by atoms with van der Waals surface area (Å²) in [5, 5.41) is 0. The fourth-order valence-corrected chi connectivity index (χ4v) is 4.05. The van der Waals surface area contributed by atoms with E-state index < -0.39 is 0 Å². The van der Waals surface area contributed by atoms with Gasteiger partial charge < -0.3 is 9.47 Å². The van der Waals surface area contributed by atoms with Gasteiger partial charge in [0.05, 0.1) is 25.6 Å². The molecule has 0 N–H and O–H groups in total. The van der Waals surface area contributed by atoms with Crippen molar-refractivity contribution in [2.75, 3.05) is 13.2 Å². The molecule has 0 aliphatic heterocycles. The van der Waals surface area contributed by atoms with Gasteiger partial charge in [-0.2, -0.15) is 0 Å². The molecule has 0 spiro atoms. The molecule has 0 saturated heterocycles. The van der Waals surface area contributed by atoms with Crippen molar-refractivity contribution in [2.24, 2.45) is 11.3 Å². The van der Waals surface area contributed by atoms with Crippen molar-refractivity contribution in [2.45, 2.75) is 137 Å². The van der Waals surface area contributed by atoms with Crippen LogP contribution in [0.1, 0.15) is 137 Å². The summed E-state index contributed by atoms with van der Waals surface area (Å²) in [5.41, 5.74) is -0.269. The second-order valence-corrected chi connectivity index (χ2v) is 10.1. The third kappa shape index (κ3) is 19.4. The summed E-state index contributed by atoms with van der Waals surface area (Å²) in [6.45, 7) is 11.4. The van der Waals surface area contributed by atoms with Crippen molar-refractivity contribution in [1.82, 2.24) is 0 Å². The maximum atomic E-state index is 12.3. The third-order valence-corrected chi connectivity index (χ3v) is 5.89. The monoisotopic (exact) mass is 440 g/mol. The van der Waals surface area contributed by atoms with E-state index in [1.807, 2.05) is 20.8 Å². The molecule has 31 heavy (non-hydrogen) atoms. The average Bonchev–Trinajstić information content (AvgIpc) is 2.70. The van der Waals surface area contributed by atoms with E-state index in [-0.39, 0.29) is 23.3 Å². The molecule has 0 aliphatic rings. The van der Waals surface area contributed by atoms with Gasteiger partial charge in [-0.25, -0.2) is 0 Å². The molecule has 4 heteroatoms. The number of esters is 2. The van der Waals surface area contributed by atoms with E-state index in [9.17, 15) is 9.59 Å². The number of carbonyl (C=O) groups is 2. The molecule has 0 aromatic carbocycles. The Bertz CT molecular complexity index is 445. The summed E-state index contributed by atoms with van der Waals surface area (Å²) >= 11 is 0. The summed E-state index contributed by atoms with van der Waals surface area (Å²) in [6, 6.07) is 0. The van der Waals surface area contributed by atoms with Gasteiger partial charge in [-0.3, -0.25) is 9.59 Å². The number of hydrogen-bond acceptors (Lipinski definition) is 4. The van der Waals surface area contributed by atoms with E-state index in [1.54, 1.807) is 0 Å². The summed E-state index contributed by atoms with van der Waals surface area (Å²) < 4.78 is 10.9. The lowest BCUT2D eigenvalue weighted by Crippen LogP contribution is -2.26. The van der Waals surface area contributed by atoms with Crippen molar-refractivity contribution in [1.29, 1.82) is 0 Å². The van der Waals surface area contributed by atoms with E-state index in [0.717, 1.165) is 25.7 Å². The van der Waals surface area contributed by atoms with Crippen molar-refractivity contribution in [3.05, 3.63) is 0 Å². The van der Waals surface area contributed by atoms with Crippen molar-refractivity contribution >= 4 is 11.9 Å². The number of rotatable bonds is 21. The minimum Gasteiger partial charge on any atom is -0.466 e. The second kappa shape index (κ2) is 19.6. The van der Waals surface area contributed by atoms with Gasteiger partial charge in [-0.15, -0.1) is 0 Å². The van der Waals surface area contributed by atoms with Crippen LogP contribution in [0.2, 0.25) is 0 Å². The van der Waals surface area contributed by atoms with Crippen molar-refractivity contribution < 1.29 is 19.1 Å². The zero-order chi connectivity index (χ0) is 23.4. The lowest BCUT2D eigenvalue weighted by molar-refractivity contribution is -0.151. The van der Waals surface area contributed by atoms with E-state index in [1.165, 1.54) is 64.2 Å². The van der Waals surface area contributed by atoms with Crippen LogP contribution >= 0.6 is 0 Å². The third-order valence-electron chi connectivity index (χ3n) is 5.89. The van der Waals surface area contributed by atoms with Gasteiger partial charge in [-0.05, 0) is 24.7 Å². The maximum absolute atomic E-state index is 12.3. The number of ether oxygens (including phenoxy) is 2. The Kier molecular flexibility index (Phi) is 18.9. The highest BCUT2D eigenvalue weighted by molar-refractivity contribution is 5.73. The summed E-state index contributed by atoms with van der Waals surface area (Å²) in [7, 11) is 0. The lowest BCUT2D eigenvalue weighted by Gasteiger charge is -2.26. The summed E-state index contributed by atoms with van der Waals surface area (Å²) in [5.74, 6) is -0.495. The fraction of sp³-hybridized carbons (Fsp3) is 0.926. The first-order chi connectivity index (χ1) is 14.8. The van der Waals surface area contributed by atoms with Gasteiger partial charge in [0.25, 0.3) is 0 Å². The van der Waals surface area contributed by atoms with Crippen LogP contribution in [0, 0.1) is 11.3 Å². The highest BCUT2D eigenvalue weighted by atomic mass is 16.5. The van der Waals surface area contributed by atoms with Crippen LogP contribution in [0.3, 0.4) is 0 Å². The van der Waals surface area contributed by atoms with Crippen LogP contribution in [-0.4, -0.2) is 25.2 Å².